The van der Waals surface area contributed by atoms with Crippen LogP contribution in [0.25, 0.3) is 11.1 Å². The van der Waals surface area contributed by atoms with Crippen LogP contribution in [0.3, 0.4) is 0 Å². The maximum atomic E-state index is 12.0. The minimum absolute atomic E-state index is 0.0122. The molecule has 0 bridgehead atoms. The number of ether oxygens (including phenoxy) is 2. The number of hydrogen-bond donors (Lipinski definition) is 1. The first-order valence-electron chi connectivity index (χ1n) is 13.6. The summed E-state index contributed by atoms with van der Waals surface area (Å²) in [5, 5.41) is 9.12. The van der Waals surface area contributed by atoms with Gasteiger partial charge in [0, 0.05) is 11.0 Å². The van der Waals surface area contributed by atoms with Gasteiger partial charge in [-0.2, -0.15) is 0 Å². The molecule has 0 fully saturated rings. The van der Waals surface area contributed by atoms with Crippen LogP contribution in [0.2, 0.25) is 0 Å². The van der Waals surface area contributed by atoms with Gasteiger partial charge in [0.05, 0.1) is 12.2 Å². The second kappa shape index (κ2) is 15.9. The molecule has 2 aromatic rings. The average Bonchev–Trinajstić information content (AvgIpc) is 2.93. The normalized spacial score (nSPS) is 12.4. The van der Waals surface area contributed by atoms with Crippen molar-refractivity contribution in [3.63, 3.8) is 0 Å². The number of unbranched alkanes of at least 4 members (excludes halogenated alkanes) is 4. The molecule has 0 aromatic heterocycles. The van der Waals surface area contributed by atoms with Crippen molar-refractivity contribution >= 4 is 11.9 Å². The third kappa shape index (κ3) is 10.7. The summed E-state index contributed by atoms with van der Waals surface area (Å²) in [7, 11) is 0. The number of aryl methyl sites for hydroxylation is 2. The second-order valence-electron chi connectivity index (χ2n) is 10.6. The molecule has 1 N–H and O–H groups in total. The molecule has 0 radical (unpaired) electrons. The number of hydrogen-bond acceptors (Lipinski definition) is 5. The first kappa shape index (κ1) is 31.0. The molecule has 0 aliphatic heterocycles. The van der Waals surface area contributed by atoms with Gasteiger partial charge < -0.3 is 14.6 Å². The highest BCUT2D eigenvalue weighted by molar-refractivity contribution is 5.88. The number of esters is 2. The standard InChI is InChI=1S/C33H44O5/c1-6-7-8-9-10-11-27-12-16-29(17-13-27)30-18-14-28(15-19-30)20-21-33(5,23-37-31(35)25(2)3)24-38-32(36)26(4)22-34/h12-19,34H,2,4,6-11,20-24H2,1,3,5H3. The Morgan fingerprint density at radius 3 is 1.79 bits per heavy atom. The summed E-state index contributed by atoms with van der Waals surface area (Å²) in [6, 6.07) is 17.3. The quantitative estimate of drug-likeness (QED) is 0.138. The van der Waals surface area contributed by atoms with E-state index in [1.54, 1.807) is 6.92 Å². The lowest BCUT2D eigenvalue weighted by Gasteiger charge is -2.29. The number of aliphatic hydroxyl groups excluding tert-OH is 1. The van der Waals surface area contributed by atoms with Crippen molar-refractivity contribution in [3.05, 3.63) is 84.0 Å². The summed E-state index contributed by atoms with van der Waals surface area (Å²) in [6.45, 7) is 12.5. The topological polar surface area (TPSA) is 72.8 Å². The Hall–Kier alpha value is -3.18. The molecule has 2 rings (SSSR count). The Labute approximate surface area is 228 Å². The molecule has 0 saturated carbocycles. The van der Waals surface area contributed by atoms with E-state index in [-0.39, 0.29) is 18.8 Å². The molecular formula is C33H44O5. The maximum Gasteiger partial charge on any atom is 0.335 e. The van der Waals surface area contributed by atoms with E-state index in [4.69, 9.17) is 14.6 Å². The molecule has 0 heterocycles. The Kier molecular flexibility index (Phi) is 13.0. The molecule has 0 aliphatic rings. The zero-order valence-corrected chi connectivity index (χ0v) is 23.4. The Bertz CT molecular complexity index is 1050. The van der Waals surface area contributed by atoms with Crippen molar-refractivity contribution in [2.75, 3.05) is 19.8 Å². The van der Waals surface area contributed by atoms with Crippen LogP contribution < -0.4 is 0 Å². The van der Waals surface area contributed by atoms with Crippen LogP contribution in [0.15, 0.2) is 72.8 Å². The van der Waals surface area contributed by atoms with Gasteiger partial charge in [-0.1, -0.05) is 101 Å². The fourth-order valence-corrected chi connectivity index (χ4v) is 4.06. The minimum Gasteiger partial charge on any atom is -0.462 e. The third-order valence-electron chi connectivity index (χ3n) is 6.76. The molecular weight excluding hydrogens is 476 g/mol. The van der Waals surface area contributed by atoms with Crippen LogP contribution in [0, 0.1) is 5.41 Å². The summed E-state index contributed by atoms with van der Waals surface area (Å²) in [4.78, 5) is 24.0. The predicted molar refractivity (Wildman–Crippen MR) is 154 cm³/mol. The van der Waals surface area contributed by atoms with Crippen molar-refractivity contribution in [2.24, 2.45) is 5.41 Å². The van der Waals surface area contributed by atoms with Gasteiger partial charge in [-0.25, -0.2) is 9.59 Å². The summed E-state index contributed by atoms with van der Waals surface area (Å²) in [5.74, 6) is -1.13. The first-order chi connectivity index (χ1) is 18.2. The summed E-state index contributed by atoms with van der Waals surface area (Å²) >= 11 is 0. The van der Waals surface area contributed by atoms with Gasteiger partial charge in [-0.15, -0.1) is 0 Å². The summed E-state index contributed by atoms with van der Waals surface area (Å²) in [6.07, 6.45) is 8.94. The number of rotatable bonds is 17. The molecule has 0 saturated heterocycles. The Morgan fingerprint density at radius 1 is 0.789 bits per heavy atom. The maximum absolute atomic E-state index is 12.0. The molecule has 206 valence electrons. The lowest BCUT2D eigenvalue weighted by molar-refractivity contribution is -0.149. The number of carbonyl (C=O) groups is 2. The van der Waals surface area contributed by atoms with Crippen LogP contribution in [-0.2, 0) is 31.9 Å². The largest absolute Gasteiger partial charge is 0.462 e. The van der Waals surface area contributed by atoms with Crippen molar-refractivity contribution in [2.45, 2.75) is 72.1 Å². The lowest BCUT2D eigenvalue weighted by atomic mass is 9.85. The van der Waals surface area contributed by atoms with Crippen LogP contribution in [0.4, 0.5) is 0 Å². The van der Waals surface area contributed by atoms with Crippen LogP contribution in [0.1, 0.15) is 70.4 Å². The number of aliphatic hydroxyl groups is 1. The summed E-state index contributed by atoms with van der Waals surface area (Å²) < 4.78 is 10.8. The van der Waals surface area contributed by atoms with E-state index in [1.807, 2.05) is 6.92 Å². The van der Waals surface area contributed by atoms with E-state index in [2.05, 4.69) is 68.6 Å². The number of benzene rings is 2. The van der Waals surface area contributed by atoms with Gasteiger partial charge in [0.25, 0.3) is 0 Å². The van der Waals surface area contributed by atoms with E-state index in [9.17, 15) is 9.59 Å². The predicted octanol–water partition coefficient (Wildman–Crippen LogP) is 7.02. The van der Waals surface area contributed by atoms with Gasteiger partial charge in [0.1, 0.15) is 13.2 Å². The second-order valence-corrected chi connectivity index (χ2v) is 10.6. The van der Waals surface area contributed by atoms with E-state index in [0.717, 1.165) is 24.0 Å². The van der Waals surface area contributed by atoms with E-state index < -0.39 is 24.0 Å². The zero-order valence-electron chi connectivity index (χ0n) is 23.4. The van der Waals surface area contributed by atoms with E-state index in [1.165, 1.54) is 43.2 Å². The average molecular weight is 521 g/mol. The fraction of sp³-hybridized carbons (Fsp3) is 0.455. The highest BCUT2D eigenvalue weighted by Gasteiger charge is 2.29. The van der Waals surface area contributed by atoms with E-state index >= 15 is 0 Å². The number of carbonyl (C=O) groups excluding carboxylic acids is 2. The van der Waals surface area contributed by atoms with Gasteiger partial charge >= 0.3 is 11.9 Å². The smallest absolute Gasteiger partial charge is 0.335 e. The molecule has 1 atom stereocenters. The zero-order chi connectivity index (χ0) is 28.0. The molecule has 5 heteroatoms. The SMILES string of the molecule is C=C(C)C(=O)OCC(C)(CCc1ccc(-c2ccc(CCCCCCC)cc2)cc1)COC(=O)C(=C)CO. The molecule has 38 heavy (non-hydrogen) atoms. The Morgan fingerprint density at radius 2 is 1.29 bits per heavy atom. The third-order valence-corrected chi connectivity index (χ3v) is 6.76. The van der Waals surface area contributed by atoms with Gasteiger partial charge in [0.15, 0.2) is 0 Å². The first-order valence-corrected chi connectivity index (χ1v) is 13.6. The highest BCUT2D eigenvalue weighted by Crippen LogP contribution is 2.27. The Balaban J connectivity index is 1.97. The van der Waals surface area contributed by atoms with Crippen molar-refractivity contribution in [3.8, 4) is 11.1 Å². The van der Waals surface area contributed by atoms with Crippen LogP contribution in [-0.4, -0.2) is 36.9 Å². The molecule has 1 unspecified atom stereocenters. The molecule has 5 nitrogen and oxygen atoms in total. The fourth-order valence-electron chi connectivity index (χ4n) is 4.06. The molecule has 2 aromatic carbocycles. The molecule has 0 aliphatic carbocycles. The van der Waals surface area contributed by atoms with Gasteiger partial charge in [-0.3, -0.25) is 0 Å². The van der Waals surface area contributed by atoms with Crippen molar-refractivity contribution < 1.29 is 24.2 Å². The van der Waals surface area contributed by atoms with Crippen LogP contribution >= 0.6 is 0 Å². The van der Waals surface area contributed by atoms with Crippen molar-refractivity contribution in [1.29, 1.82) is 0 Å². The van der Waals surface area contributed by atoms with Gasteiger partial charge in [0.2, 0.25) is 0 Å². The summed E-state index contributed by atoms with van der Waals surface area (Å²) in [5.41, 5.74) is 4.58. The van der Waals surface area contributed by atoms with Crippen molar-refractivity contribution in [1.82, 2.24) is 0 Å². The van der Waals surface area contributed by atoms with E-state index in [0.29, 0.717) is 12.0 Å². The lowest BCUT2D eigenvalue weighted by Crippen LogP contribution is -2.32. The monoisotopic (exact) mass is 520 g/mol. The van der Waals surface area contributed by atoms with Crippen LogP contribution in [0.5, 0.6) is 0 Å². The minimum atomic E-state index is -0.656. The highest BCUT2D eigenvalue weighted by atomic mass is 16.5. The molecule has 0 amide bonds. The molecule has 0 spiro atoms. The van der Waals surface area contributed by atoms with Gasteiger partial charge in [-0.05, 0) is 54.9 Å².